The van der Waals surface area contributed by atoms with Gasteiger partial charge >= 0.3 is 0 Å². The van der Waals surface area contributed by atoms with E-state index in [1.54, 1.807) is 7.11 Å². The van der Waals surface area contributed by atoms with Crippen LogP contribution in [0.25, 0.3) is 0 Å². The van der Waals surface area contributed by atoms with Crippen molar-refractivity contribution in [1.29, 1.82) is 0 Å². The molecule has 84 valence electrons. The topological polar surface area (TPSA) is 9.23 Å². The lowest BCUT2D eigenvalue weighted by Gasteiger charge is -2.25. The number of alkyl halides is 1. The molecule has 2 heteroatoms. The molecule has 1 rings (SSSR count). The van der Waals surface area contributed by atoms with Gasteiger partial charge in [-0.05, 0) is 18.1 Å². The average Bonchev–Trinajstić information content (AvgIpc) is 2.28. The lowest BCUT2D eigenvalue weighted by Crippen LogP contribution is -2.20. The van der Waals surface area contributed by atoms with Crippen molar-refractivity contribution in [2.24, 2.45) is 0 Å². The molecule has 0 heterocycles. The van der Waals surface area contributed by atoms with Crippen LogP contribution in [0.4, 0.5) is 0 Å². The van der Waals surface area contributed by atoms with Crippen molar-refractivity contribution in [2.75, 3.05) is 13.0 Å². The first kappa shape index (κ1) is 12.4. The summed E-state index contributed by atoms with van der Waals surface area (Å²) in [6.45, 7) is 6.42. The molecule has 0 fully saturated rings. The lowest BCUT2D eigenvalue weighted by molar-refractivity contribution is 0.398. The second-order valence-corrected chi connectivity index (χ2v) is 4.67. The Morgan fingerprint density at radius 1 is 1.33 bits per heavy atom. The van der Waals surface area contributed by atoms with Gasteiger partial charge in [-0.1, -0.05) is 32.9 Å². The maximum Gasteiger partial charge on any atom is 0.122 e. The minimum Gasteiger partial charge on any atom is -0.496 e. The van der Waals surface area contributed by atoms with Crippen molar-refractivity contribution in [1.82, 2.24) is 0 Å². The fraction of sp³-hybridized carbons (Fsp3) is 0.538. The fourth-order valence-electron chi connectivity index (χ4n) is 1.58. The first-order valence-corrected chi connectivity index (χ1v) is 5.82. The van der Waals surface area contributed by atoms with E-state index >= 15 is 0 Å². The molecule has 0 bridgehead atoms. The van der Waals surface area contributed by atoms with E-state index in [-0.39, 0.29) is 5.41 Å². The van der Waals surface area contributed by atoms with Crippen molar-refractivity contribution in [3.63, 3.8) is 0 Å². The summed E-state index contributed by atoms with van der Waals surface area (Å²) in [6, 6.07) is 6.33. The van der Waals surface area contributed by atoms with E-state index in [2.05, 4.69) is 32.9 Å². The fourth-order valence-corrected chi connectivity index (χ4v) is 1.72. The van der Waals surface area contributed by atoms with Crippen molar-refractivity contribution in [3.8, 4) is 5.75 Å². The molecule has 0 aliphatic heterocycles. The molecule has 0 radical (unpaired) electrons. The van der Waals surface area contributed by atoms with Crippen LogP contribution in [-0.4, -0.2) is 13.0 Å². The van der Waals surface area contributed by atoms with Crippen LogP contribution < -0.4 is 4.74 Å². The second kappa shape index (κ2) is 4.89. The SMILES string of the molecule is CCc1ccc(OC)c(C(C)(C)CCl)c1. The van der Waals surface area contributed by atoms with Crippen LogP contribution in [0.5, 0.6) is 5.75 Å². The molecule has 1 aromatic rings. The third kappa shape index (κ3) is 2.66. The second-order valence-electron chi connectivity index (χ2n) is 4.41. The highest BCUT2D eigenvalue weighted by atomic mass is 35.5. The number of rotatable bonds is 4. The Morgan fingerprint density at radius 3 is 2.47 bits per heavy atom. The summed E-state index contributed by atoms with van der Waals surface area (Å²) >= 11 is 6.00. The summed E-state index contributed by atoms with van der Waals surface area (Å²) in [6.07, 6.45) is 1.04. The van der Waals surface area contributed by atoms with Crippen LogP contribution in [0.15, 0.2) is 18.2 Å². The smallest absolute Gasteiger partial charge is 0.122 e. The predicted octanol–water partition coefficient (Wildman–Crippen LogP) is 3.77. The summed E-state index contributed by atoms with van der Waals surface area (Å²) in [4.78, 5) is 0. The van der Waals surface area contributed by atoms with E-state index in [0.29, 0.717) is 5.88 Å². The van der Waals surface area contributed by atoms with E-state index in [1.807, 2.05) is 6.07 Å². The quantitative estimate of drug-likeness (QED) is 0.711. The molecule has 0 amide bonds. The highest BCUT2D eigenvalue weighted by Crippen LogP contribution is 2.33. The van der Waals surface area contributed by atoms with Crippen LogP contribution >= 0.6 is 11.6 Å². The van der Waals surface area contributed by atoms with E-state index in [1.165, 1.54) is 11.1 Å². The molecule has 0 saturated carbocycles. The van der Waals surface area contributed by atoms with E-state index in [4.69, 9.17) is 16.3 Å². The summed E-state index contributed by atoms with van der Waals surface area (Å²) in [7, 11) is 1.70. The van der Waals surface area contributed by atoms with Gasteiger partial charge in [-0.3, -0.25) is 0 Å². The lowest BCUT2D eigenvalue weighted by atomic mass is 9.85. The van der Waals surface area contributed by atoms with Gasteiger partial charge in [-0.2, -0.15) is 0 Å². The third-order valence-corrected chi connectivity index (χ3v) is 3.40. The molecule has 0 aliphatic carbocycles. The standard InChI is InChI=1S/C13H19ClO/c1-5-10-6-7-12(15-4)11(8-10)13(2,3)9-14/h6-8H,5,9H2,1-4H3. The summed E-state index contributed by atoms with van der Waals surface area (Å²) in [5, 5.41) is 0. The molecule has 1 aromatic carbocycles. The largest absolute Gasteiger partial charge is 0.496 e. The zero-order chi connectivity index (χ0) is 11.5. The van der Waals surface area contributed by atoms with Crippen LogP contribution in [0, 0.1) is 0 Å². The van der Waals surface area contributed by atoms with Gasteiger partial charge in [0.1, 0.15) is 5.75 Å². The molecule has 0 aromatic heterocycles. The first-order chi connectivity index (χ1) is 7.05. The molecular formula is C13H19ClO. The highest BCUT2D eigenvalue weighted by Gasteiger charge is 2.23. The number of hydrogen-bond acceptors (Lipinski definition) is 1. The predicted molar refractivity (Wildman–Crippen MR) is 66.1 cm³/mol. The normalized spacial score (nSPS) is 11.5. The Labute approximate surface area is 97.4 Å². The molecule has 15 heavy (non-hydrogen) atoms. The molecular weight excluding hydrogens is 208 g/mol. The number of benzene rings is 1. The molecule has 0 atom stereocenters. The molecule has 0 saturated heterocycles. The first-order valence-electron chi connectivity index (χ1n) is 5.28. The summed E-state index contributed by atoms with van der Waals surface area (Å²) in [5.74, 6) is 1.52. The molecule has 1 nitrogen and oxygen atoms in total. The molecule has 0 N–H and O–H groups in total. The van der Waals surface area contributed by atoms with Crippen LogP contribution in [0.1, 0.15) is 31.9 Å². The maximum atomic E-state index is 6.00. The van der Waals surface area contributed by atoms with Gasteiger partial charge in [0.15, 0.2) is 0 Å². The van der Waals surface area contributed by atoms with Crippen LogP contribution in [-0.2, 0) is 11.8 Å². The molecule has 0 unspecified atom stereocenters. The van der Waals surface area contributed by atoms with Gasteiger partial charge in [-0.15, -0.1) is 11.6 Å². The van der Waals surface area contributed by atoms with E-state index < -0.39 is 0 Å². The molecule has 0 spiro atoms. The van der Waals surface area contributed by atoms with Crippen LogP contribution in [0.2, 0.25) is 0 Å². The number of ether oxygens (including phenoxy) is 1. The number of halogens is 1. The molecule has 0 aliphatic rings. The van der Waals surface area contributed by atoms with Crippen molar-refractivity contribution >= 4 is 11.6 Å². The maximum absolute atomic E-state index is 6.00. The monoisotopic (exact) mass is 226 g/mol. The van der Waals surface area contributed by atoms with Gasteiger partial charge in [0, 0.05) is 16.9 Å². The Bertz CT molecular complexity index is 331. The van der Waals surface area contributed by atoms with Gasteiger partial charge in [0.05, 0.1) is 7.11 Å². The van der Waals surface area contributed by atoms with Gasteiger partial charge in [0.25, 0.3) is 0 Å². The van der Waals surface area contributed by atoms with Crippen molar-refractivity contribution in [3.05, 3.63) is 29.3 Å². The Kier molecular flexibility index (Phi) is 4.04. The third-order valence-electron chi connectivity index (χ3n) is 2.74. The van der Waals surface area contributed by atoms with Gasteiger partial charge in [0.2, 0.25) is 0 Å². The Hall–Kier alpha value is -0.690. The van der Waals surface area contributed by atoms with E-state index in [9.17, 15) is 0 Å². The summed E-state index contributed by atoms with van der Waals surface area (Å²) < 4.78 is 5.37. The van der Waals surface area contributed by atoms with Gasteiger partial charge in [-0.25, -0.2) is 0 Å². The number of methoxy groups -OCH3 is 1. The van der Waals surface area contributed by atoms with Crippen LogP contribution in [0.3, 0.4) is 0 Å². The minimum atomic E-state index is -0.0436. The zero-order valence-corrected chi connectivity index (χ0v) is 10.7. The number of aryl methyl sites for hydroxylation is 1. The Morgan fingerprint density at radius 2 is 2.00 bits per heavy atom. The van der Waals surface area contributed by atoms with E-state index in [0.717, 1.165) is 12.2 Å². The Balaban J connectivity index is 3.23. The summed E-state index contributed by atoms with van der Waals surface area (Å²) in [5.41, 5.74) is 2.47. The van der Waals surface area contributed by atoms with Crippen molar-refractivity contribution in [2.45, 2.75) is 32.6 Å². The zero-order valence-electron chi connectivity index (χ0n) is 9.93. The van der Waals surface area contributed by atoms with Crippen molar-refractivity contribution < 1.29 is 4.74 Å². The minimum absolute atomic E-state index is 0.0436. The number of hydrogen-bond donors (Lipinski definition) is 0. The average molecular weight is 227 g/mol. The van der Waals surface area contributed by atoms with Gasteiger partial charge < -0.3 is 4.74 Å². The highest BCUT2D eigenvalue weighted by molar-refractivity contribution is 6.18.